The van der Waals surface area contributed by atoms with E-state index in [1.165, 1.54) is 5.01 Å². The number of nitrogens with zero attached hydrogens (tertiary/aromatic N) is 3. The zero-order valence-electron chi connectivity index (χ0n) is 15.5. The molecule has 0 saturated carbocycles. The van der Waals surface area contributed by atoms with Gasteiger partial charge in [-0.3, -0.25) is 9.59 Å². The summed E-state index contributed by atoms with van der Waals surface area (Å²) >= 11 is 0. The van der Waals surface area contributed by atoms with Crippen LogP contribution in [0.5, 0.6) is 0 Å². The van der Waals surface area contributed by atoms with Gasteiger partial charge in [-0.1, -0.05) is 54.6 Å². The molecule has 0 radical (unpaired) electrons. The lowest BCUT2D eigenvalue weighted by molar-refractivity contribution is -0.136. The molecule has 1 N–H and O–H groups in total. The predicted octanol–water partition coefficient (Wildman–Crippen LogP) is 3.19. The van der Waals surface area contributed by atoms with E-state index in [1.54, 1.807) is 0 Å². The Morgan fingerprint density at radius 2 is 1.74 bits per heavy atom. The Morgan fingerprint density at radius 1 is 1.07 bits per heavy atom. The van der Waals surface area contributed by atoms with Crippen molar-refractivity contribution in [3.8, 4) is 11.1 Å². The Bertz CT molecular complexity index is 886. The molecule has 0 aromatic heterocycles. The van der Waals surface area contributed by atoms with E-state index < -0.39 is 0 Å². The number of carbonyl (C=O) groups is 2. The average molecular weight is 362 g/mol. The summed E-state index contributed by atoms with van der Waals surface area (Å²) in [6, 6.07) is 18.1. The molecule has 1 aliphatic rings. The van der Waals surface area contributed by atoms with Gasteiger partial charge in [0.05, 0.1) is 5.71 Å². The predicted molar refractivity (Wildman–Crippen MR) is 106 cm³/mol. The second-order valence-electron chi connectivity index (χ2n) is 6.46. The maximum Gasteiger partial charge on any atom is 0.261 e. The highest BCUT2D eigenvalue weighted by molar-refractivity contribution is 6.00. The van der Waals surface area contributed by atoms with Crippen molar-refractivity contribution in [2.24, 2.45) is 10.2 Å². The summed E-state index contributed by atoms with van der Waals surface area (Å²) in [6.07, 6.45) is 1.03. The fourth-order valence-corrected chi connectivity index (χ4v) is 2.77. The van der Waals surface area contributed by atoms with E-state index in [2.05, 4.69) is 27.8 Å². The molecule has 27 heavy (non-hydrogen) atoms. The summed E-state index contributed by atoms with van der Waals surface area (Å²) in [7, 11) is 0. The van der Waals surface area contributed by atoms with E-state index in [0.717, 1.165) is 22.4 Å². The van der Waals surface area contributed by atoms with Crippen LogP contribution in [0.25, 0.3) is 11.1 Å². The second kappa shape index (κ2) is 8.40. The van der Waals surface area contributed by atoms with Crippen LogP contribution >= 0.6 is 0 Å². The lowest BCUT2D eigenvalue weighted by Gasteiger charge is -2.21. The minimum absolute atomic E-state index is 0.125. The molecule has 2 amide bonds. The first-order valence-electron chi connectivity index (χ1n) is 8.86. The van der Waals surface area contributed by atoms with Gasteiger partial charge in [-0.25, -0.2) is 10.4 Å². The summed E-state index contributed by atoms with van der Waals surface area (Å²) < 4.78 is 0. The van der Waals surface area contributed by atoms with Crippen LogP contribution in [0, 0.1) is 0 Å². The van der Waals surface area contributed by atoms with Gasteiger partial charge in [-0.15, -0.1) is 0 Å². The molecule has 0 fully saturated rings. The number of benzene rings is 2. The summed E-state index contributed by atoms with van der Waals surface area (Å²) in [5, 5.41) is 9.46. The van der Waals surface area contributed by atoms with E-state index >= 15 is 0 Å². The van der Waals surface area contributed by atoms with Gasteiger partial charge in [0.25, 0.3) is 5.91 Å². The van der Waals surface area contributed by atoms with Crippen molar-refractivity contribution in [3.05, 3.63) is 60.2 Å². The van der Waals surface area contributed by atoms with Crippen molar-refractivity contribution in [3.63, 3.8) is 0 Å². The quantitative estimate of drug-likeness (QED) is 0.655. The topological polar surface area (TPSA) is 74.1 Å². The highest BCUT2D eigenvalue weighted by Crippen LogP contribution is 2.19. The molecule has 0 atom stereocenters. The van der Waals surface area contributed by atoms with Crippen LogP contribution in [0.4, 0.5) is 0 Å². The summed E-state index contributed by atoms with van der Waals surface area (Å²) in [6.45, 7) is 3.55. The molecule has 1 aliphatic heterocycles. The third-order valence-corrected chi connectivity index (χ3v) is 4.33. The SMILES string of the molecule is CC1=NN(CC(=O)N/N=C(\C)c2ccc(-c3ccccc3)cc2)C(=O)CC1. The standard InChI is InChI=1S/C21H22N4O2/c1-15-8-13-21(27)25(24-15)14-20(26)23-22-16(2)17-9-11-19(12-10-17)18-6-4-3-5-7-18/h3-7,9-12H,8,13-14H2,1-2H3,(H,23,26)/b22-16+. The number of amides is 2. The molecule has 1 heterocycles. The first kappa shape index (κ1) is 18.5. The number of nitrogens with one attached hydrogen (secondary N) is 1. The fraction of sp³-hybridized carbons (Fsp3) is 0.238. The summed E-state index contributed by atoms with van der Waals surface area (Å²) in [5.74, 6) is -0.519. The molecule has 0 aliphatic carbocycles. The molecule has 2 aromatic rings. The zero-order valence-corrected chi connectivity index (χ0v) is 15.5. The minimum atomic E-state index is -0.373. The fourth-order valence-electron chi connectivity index (χ4n) is 2.77. The van der Waals surface area contributed by atoms with Crippen LogP contribution in [0.2, 0.25) is 0 Å². The maximum absolute atomic E-state index is 12.1. The van der Waals surface area contributed by atoms with Crippen molar-refractivity contribution in [1.29, 1.82) is 0 Å². The van der Waals surface area contributed by atoms with Crippen molar-refractivity contribution in [2.45, 2.75) is 26.7 Å². The van der Waals surface area contributed by atoms with E-state index in [9.17, 15) is 9.59 Å². The molecule has 0 saturated heterocycles. The van der Waals surface area contributed by atoms with Crippen LogP contribution in [-0.4, -0.2) is 34.8 Å². The average Bonchev–Trinajstić information content (AvgIpc) is 2.70. The van der Waals surface area contributed by atoms with Gasteiger partial charge in [0.1, 0.15) is 6.54 Å². The number of rotatable bonds is 5. The van der Waals surface area contributed by atoms with E-state index in [4.69, 9.17) is 0 Å². The first-order valence-corrected chi connectivity index (χ1v) is 8.86. The Labute approximate surface area is 158 Å². The van der Waals surface area contributed by atoms with Crippen molar-refractivity contribution < 1.29 is 9.59 Å². The number of hydrogen-bond donors (Lipinski definition) is 1. The van der Waals surface area contributed by atoms with Crippen LogP contribution in [0.3, 0.4) is 0 Å². The highest BCUT2D eigenvalue weighted by atomic mass is 16.2. The molecule has 138 valence electrons. The van der Waals surface area contributed by atoms with Gasteiger partial charge < -0.3 is 0 Å². The molecule has 0 unspecified atom stereocenters. The smallest absolute Gasteiger partial charge is 0.261 e. The van der Waals surface area contributed by atoms with E-state index in [0.29, 0.717) is 18.6 Å². The van der Waals surface area contributed by atoms with Gasteiger partial charge in [-0.05, 0) is 37.0 Å². The Kier molecular flexibility index (Phi) is 5.76. The van der Waals surface area contributed by atoms with Crippen molar-refractivity contribution in [2.75, 3.05) is 6.54 Å². The van der Waals surface area contributed by atoms with Crippen LogP contribution < -0.4 is 5.43 Å². The summed E-state index contributed by atoms with van der Waals surface area (Å²) in [5.41, 5.74) is 7.21. The Morgan fingerprint density at radius 3 is 2.44 bits per heavy atom. The van der Waals surface area contributed by atoms with Crippen LogP contribution in [-0.2, 0) is 9.59 Å². The van der Waals surface area contributed by atoms with Gasteiger partial charge in [-0.2, -0.15) is 10.2 Å². The van der Waals surface area contributed by atoms with E-state index in [-0.39, 0.29) is 18.4 Å². The lowest BCUT2D eigenvalue weighted by atomic mass is 10.0. The second-order valence-corrected chi connectivity index (χ2v) is 6.46. The number of hydrogen-bond acceptors (Lipinski definition) is 4. The molecule has 6 heteroatoms. The Balaban J connectivity index is 1.61. The molecular weight excluding hydrogens is 340 g/mol. The third-order valence-electron chi connectivity index (χ3n) is 4.33. The largest absolute Gasteiger partial charge is 0.273 e. The molecule has 3 rings (SSSR count). The number of carbonyl (C=O) groups excluding carboxylic acids is 2. The van der Waals surface area contributed by atoms with E-state index in [1.807, 2.05) is 56.3 Å². The van der Waals surface area contributed by atoms with Gasteiger partial charge in [0, 0.05) is 12.1 Å². The van der Waals surface area contributed by atoms with Gasteiger partial charge >= 0.3 is 0 Å². The first-order chi connectivity index (χ1) is 13.0. The molecule has 0 bridgehead atoms. The highest BCUT2D eigenvalue weighted by Gasteiger charge is 2.20. The normalized spacial score (nSPS) is 14.7. The van der Waals surface area contributed by atoms with Gasteiger partial charge in [0.2, 0.25) is 5.91 Å². The number of hydrazone groups is 2. The molecular formula is C21H22N4O2. The third kappa shape index (κ3) is 4.88. The van der Waals surface area contributed by atoms with Crippen LogP contribution in [0.15, 0.2) is 64.8 Å². The Hall–Kier alpha value is -3.28. The molecule has 0 spiro atoms. The summed E-state index contributed by atoms with van der Waals surface area (Å²) in [4.78, 5) is 23.8. The van der Waals surface area contributed by atoms with Crippen LogP contribution in [0.1, 0.15) is 32.3 Å². The zero-order chi connectivity index (χ0) is 19.2. The van der Waals surface area contributed by atoms with Crippen molar-refractivity contribution >= 4 is 23.2 Å². The molecule has 2 aromatic carbocycles. The molecule has 6 nitrogen and oxygen atoms in total. The minimum Gasteiger partial charge on any atom is -0.273 e. The monoisotopic (exact) mass is 362 g/mol. The van der Waals surface area contributed by atoms with Gasteiger partial charge in [0.15, 0.2) is 0 Å². The maximum atomic E-state index is 12.1. The lowest BCUT2D eigenvalue weighted by Crippen LogP contribution is -2.38. The van der Waals surface area contributed by atoms with Crippen molar-refractivity contribution in [1.82, 2.24) is 10.4 Å².